The number of ketones is 1. The van der Waals surface area contributed by atoms with Crippen molar-refractivity contribution in [1.29, 1.82) is 5.26 Å². The summed E-state index contributed by atoms with van der Waals surface area (Å²) in [5.41, 5.74) is -0.523. The standard InChI is InChI=1S/C16H15N3O4S/c1-9-3-5-10(6-4-9)12(20)7-16(14(22)23-2)11(8-17)13(21)18-15(24)19-16/h3-6,11H,7H2,1-2H3,(H2,18,19,21,24)/t11-,16-/m0/s1. The van der Waals surface area contributed by atoms with Gasteiger partial charge >= 0.3 is 5.97 Å². The SMILES string of the molecule is COC(=O)[C@@]1(CC(=O)c2ccc(C)cc2)NC(=S)NC(=O)[C@@H]1C#N. The van der Waals surface area contributed by atoms with E-state index in [1.165, 1.54) is 0 Å². The average Bonchev–Trinajstić information content (AvgIpc) is 2.54. The first kappa shape index (κ1) is 17.6. The van der Waals surface area contributed by atoms with E-state index in [2.05, 4.69) is 10.6 Å². The molecule has 1 fully saturated rings. The maximum Gasteiger partial charge on any atom is 0.334 e. The van der Waals surface area contributed by atoms with Gasteiger partial charge in [-0.2, -0.15) is 5.26 Å². The molecule has 2 rings (SSSR count). The zero-order valence-electron chi connectivity index (χ0n) is 13.1. The molecule has 0 aliphatic carbocycles. The molecular weight excluding hydrogens is 330 g/mol. The highest BCUT2D eigenvalue weighted by Crippen LogP contribution is 2.28. The van der Waals surface area contributed by atoms with E-state index in [9.17, 15) is 19.6 Å². The minimum atomic E-state index is -1.86. The van der Waals surface area contributed by atoms with E-state index < -0.39 is 35.5 Å². The lowest BCUT2D eigenvalue weighted by molar-refractivity contribution is -0.152. The first-order chi connectivity index (χ1) is 11.3. The predicted octanol–water partition coefficient (Wildman–Crippen LogP) is 0.624. The summed E-state index contributed by atoms with van der Waals surface area (Å²) in [5, 5.41) is 14.1. The number of methoxy groups -OCH3 is 1. The maximum absolute atomic E-state index is 12.6. The van der Waals surface area contributed by atoms with Crippen molar-refractivity contribution in [2.45, 2.75) is 18.9 Å². The minimum Gasteiger partial charge on any atom is -0.467 e. The second-order valence-electron chi connectivity index (χ2n) is 5.43. The molecule has 1 aliphatic rings. The van der Waals surface area contributed by atoms with Crippen LogP contribution in [-0.2, 0) is 14.3 Å². The number of carbonyl (C=O) groups excluding carboxylic acids is 3. The monoisotopic (exact) mass is 345 g/mol. The molecule has 0 unspecified atom stereocenters. The van der Waals surface area contributed by atoms with Crippen molar-refractivity contribution in [1.82, 2.24) is 10.6 Å². The van der Waals surface area contributed by atoms with Crippen molar-refractivity contribution in [3.8, 4) is 6.07 Å². The molecule has 1 aliphatic heterocycles. The van der Waals surface area contributed by atoms with Crippen LogP contribution in [0.3, 0.4) is 0 Å². The van der Waals surface area contributed by atoms with Crippen LogP contribution in [0, 0.1) is 24.2 Å². The molecule has 0 bridgehead atoms. The van der Waals surface area contributed by atoms with E-state index in [4.69, 9.17) is 17.0 Å². The number of thiocarbonyl (C=S) groups is 1. The largest absolute Gasteiger partial charge is 0.467 e. The summed E-state index contributed by atoms with van der Waals surface area (Å²) in [6.45, 7) is 1.88. The van der Waals surface area contributed by atoms with Crippen LogP contribution in [0.1, 0.15) is 22.3 Å². The van der Waals surface area contributed by atoms with Gasteiger partial charge in [-0.3, -0.25) is 9.59 Å². The number of nitriles is 1. The quantitative estimate of drug-likeness (QED) is 0.468. The lowest BCUT2D eigenvalue weighted by atomic mass is 9.77. The number of ether oxygens (including phenoxy) is 1. The van der Waals surface area contributed by atoms with Gasteiger partial charge in [0.05, 0.1) is 13.2 Å². The molecule has 124 valence electrons. The molecule has 1 aromatic rings. The van der Waals surface area contributed by atoms with Gasteiger partial charge in [-0.05, 0) is 19.1 Å². The van der Waals surface area contributed by atoms with Crippen molar-refractivity contribution in [3.63, 3.8) is 0 Å². The van der Waals surface area contributed by atoms with Gasteiger partial charge in [-0.25, -0.2) is 4.79 Å². The summed E-state index contributed by atoms with van der Waals surface area (Å²) < 4.78 is 4.73. The summed E-state index contributed by atoms with van der Waals surface area (Å²) in [6.07, 6.45) is -0.436. The number of hydrogen-bond acceptors (Lipinski definition) is 6. The number of nitrogens with one attached hydrogen (secondary N) is 2. The van der Waals surface area contributed by atoms with Crippen LogP contribution >= 0.6 is 12.2 Å². The van der Waals surface area contributed by atoms with Crippen LogP contribution in [0.25, 0.3) is 0 Å². The Kier molecular flexibility index (Phi) is 4.95. The van der Waals surface area contributed by atoms with Crippen LogP contribution in [0.4, 0.5) is 0 Å². The van der Waals surface area contributed by atoms with Crippen molar-refractivity contribution in [3.05, 3.63) is 35.4 Å². The molecule has 24 heavy (non-hydrogen) atoms. The Hall–Kier alpha value is -2.79. The molecule has 0 saturated carbocycles. The average molecular weight is 345 g/mol. The van der Waals surface area contributed by atoms with Gasteiger partial charge in [0.2, 0.25) is 5.91 Å². The summed E-state index contributed by atoms with van der Waals surface area (Å²) in [6, 6.07) is 8.50. The number of hydrogen-bond donors (Lipinski definition) is 2. The fourth-order valence-corrected chi connectivity index (χ4v) is 2.83. The molecule has 1 saturated heterocycles. The number of amides is 1. The molecule has 1 amide bonds. The van der Waals surface area contributed by atoms with E-state index in [0.29, 0.717) is 5.56 Å². The Morgan fingerprint density at radius 3 is 2.54 bits per heavy atom. The Morgan fingerprint density at radius 2 is 2.00 bits per heavy atom. The van der Waals surface area contributed by atoms with Crippen molar-refractivity contribution < 1.29 is 19.1 Å². The number of rotatable bonds is 4. The maximum atomic E-state index is 12.6. The number of esters is 1. The van der Waals surface area contributed by atoms with Crippen molar-refractivity contribution >= 4 is 35.0 Å². The van der Waals surface area contributed by atoms with E-state index in [1.807, 2.05) is 6.92 Å². The molecule has 0 aromatic heterocycles. The second kappa shape index (κ2) is 6.76. The summed E-state index contributed by atoms with van der Waals surface area (Å²) in [4.78, 5) is 37.0. The molecular formula is C16H15N3O4S. The fourth-order valence-electron chi connectivity index (χ4n) is 2.55. The van der Waals surface area contributed by atoms with Crippen LogP contribution in [0.5, 0.6) is 0 Å². The lowest BCUT2D eigenvalue weighted by Crippen LogP contribution is -2.70. The van der Waals surface area contributed by atoms with Crippen LogP contribution < -0.4 is 10.6 Å². The van der Waals surface area contributed by atoms with Gasteiger partial charge in [0.1, 0.15) is 0 Å². The third kappa shape index (κ3) is 3.12. The van der Waals surface area contributed by atoms with E-state index in [1.54, 1.807) is 30.3 Å². The lowest BCUT2D eigenvalue weighted by Gasteiger charge is -2.38. The molecule has 2 N–H and O–H groups in total. The Morgan fingerprint density at radius 1 is 1.38 bits per heavy atom. The van der Waals surface area contributed by atoms with Crippen LogP contribution in [-0.4, -0.2) is 35.4 Å². The highest BCUT2D eigenvalue weighted by atomic mass is 32.1. The number of nitrogens with zero attached hydrogens (tertiary/aromatic N) is 1. The number of benzene rings is 1. The molecule has 1 aromatic carbocycles. The second-order valence-corrected chi connectivity index (χ2v) is 5.84. The fraction of sp³-hybridized carbons (Fsp3) is 0.312. The van der Waals surface area contributed by atoms with E-state index >= 15 is 0 Å². The molecule has 2 atom stereocenters. The van der Waals surface area contributed by atoms with Gasteiger partial charge in [0, 0.05) is 12.0 Å². The van der Waals surface area contributed by atoms with E-state index in [-0.39, 0.29) is 5.11 Å². The number of aryl methyl sites for hydroxylation is 1. The van der Waals surface area contributed by atoms with E-state index in [0.717, 1.165) is 12.7 Å². The zero-order chi connectivity index (χ0) is 17.9. The Labute approximate surface area is 144 Å². The van der Waals surface area contributed by atoms with Gasteiger partial charge in [-0.15, -0.1) is 0 Å². The molecule has 8 heteroatoms. The highest BCUT2D eigenvalue weighted by molar-refractivity contribution is 7.80. The molecule has 0 radical (unpaired) electrons. The number of carbonyl (C=O) groups is 3. The van der Waals surface area contributed by atoms with Crippen molar-refractivity contribution in [2.75, 3.05) is 7.11 Å². The molecule has 0 spiro atoms. The van der Waals surface area contributed by atoms with Gasteiger partial charge in [0.15, 0.2) is 22.4 Å². The molecule has 1 heterocycles. The normalized spacial score (nSPS) is 22.8. The third-order valence-electron chi connectivity index (χ3n) is 3.82. The summed E-state index contributed by atoms with van der Waals surface area (Å²) in [5.74, 6) is -3.51. The van der Waals surface area contributed by atoms with Gasteiger partial charge < -0.3 is 15.4 Å². The smallest absolute Gasteiger partial charge is 0.334 e. The summed E-state index contributed by atoms with van der Waals surface area (Å²) >= 11 is 4.91. The Balaban J connectivity index is 2.44. The highest BCUT2D eigenvalue weighted by Gasteiger charge is 2.55. The third-order valence-corrected chi connectivity index (χ3v) is 4.02. The molecule has 7 nitrogen and oxygen atoms in total. The van der Waals surface area contributed by atoms with Crippen LogP contribution in [0.2, 0.25) is 0 Å². The first-order valence-electron chi connectivity index (χ1n) is 7.05. The topological polar surface area (TPSA) is 108 Å². The number of Topliss-reactive ketones (excluding diaryl/α,β-unsaturated/α-hetero) is 1. The Bertz CT molecular complexity index is 754. The van der Waals surface area contributed by atoms with Gasteiger partial charge in [0.25, 0.3) is 0 Å². The van der Waals surface area contributed by atoms with Crippen LogP contribution in [0.15, 0.2) is 24.3 Å². The zero-order valence-corrected chi connectivity index (χ0v) is 13.9. The first-order valence-corrected chi connectivity index (χ1v) is 7.46. The minimum absolute atomic E-state index is 0.131. The van der Waals surface area contributed by atoms with Gasteiger partial charge in [-0.1, -0.05) is 29.8 Å². The summed E-state index contributed by atoms with van der Waals surface area (Å²) in [7, 11) is 1.12. The van der Waals surface area contributed by atoms with Crippen molar-refractivity contribution in [2.24, 2.45) is 5.92 Å². The predicted molar refractivity (Wildman–Crippen MR) is 87.9 cm³/mol.